The molecule has 0 N–H and O–H groups in total. The molecule has 3 aromatic rings. The molecule has 4 rings (SSSR count). The van der Waals surface area contributed by atoms with Crippen LogP contribution in [0.25, 0.3) is 22.3 Å². The lowest BCUT2D eigenvalue weighted by atomic mass is 9.78. The van der Waals surface area contributed by atoms with Crippen molar-refractivity contribution in [3.05, 3.63) is 46.1 Å². The molecule has 1 fully saturated rings. The third kappa shape index (κ3) is 2.97. The van der Waals surface area contributed by atoms with Gasteiger partial charge in [0.15, 0.2) is 0 Å². The summed E-state index contributed by atoms with van der Waals surface area (Å²) in [6, 6.07) is 5.91. The van der Waals surface area contributed by atoms with Gasteiger partial charge in [-0.1, -0.05) is 13.3 Å². The highest BCUT2D eigenvalue weighted by atomic mass is 16.5. The van der Waals surface area contributed by atoms with Crippen molar-refractivity contribution in [1.29, 1.82) is 0 Å². The van der Waals surface area contributed by atoms with Gasteiger partial charge in [-0.2, -0.15) is 0 Å². The van der Waals surface area contributed by atoms with E-state index in [9.17, 15) is 4.79 Å². The predicted octanol–water partition coefficient (Wildman–Crippen LogP) is 4.23. The van der Waals surface area contributed by atoms with E-state index in [-0.39, 0.29) is 11.6 Å². The van der Waals surface area contributed by atoms with E-state index in [0.29, 0.717) is 17.5 Å². The first kappa shape index (κ1) is 18.6. The normalized spacial score (nSPS) is 15.4. The van der Waals surface area contributed by atoms with Gasteiger partial charge in [-0.05, 0) is 51.2 Å². The fraction of sp³-hybridized carbons (Fsp3) is 0.455. The average Bonchev–Trinajstić information content (AvgIpc) is 2.66. The molecule has 28 heavy (non-hydrogen) atoms. The van der Waals surface area contributed by atoms with Gasteiger partial charge in [-0.3, -0.25) is 9.78 Å². The zero-order valence-corrected chi connectivity index (χ0v) is 16.9. The van der Waals surface area contributed by atoms with Crippen molar-refractivity contribution in [3.8, 4) is 17.1 Å². The fourth-order valence-corrected chi connectivity index (χ4v) is 4.23. The first-order chi connectivity index (χ1) is 13.5. The minimum Gasteiger partial charge on any atom is -0.481 e. The molecule has 0 saturated heterocycles. The molecule has 0 spiro atoms. The highest BCUT2D eigenvalue weighted by molar-refractivity contribution is 5.90. The van der Waals surface area contributed by atoms with Crippen LogP contribution in [0.5, 0.6) is 5.88 Å². The average molecular weight is 378 g/mol. The molecule has 0 aliphatic heterocycles. The Hall–Kier alpha value is -2.76. The number of pyridine rings is 2. The van der Waals surface area contributed by atoms with Crippen molar-refractivity contribution in [2.45, 2.75) is 52.5 Å². The number of ether oxygens (including phenoxy) is 1. The van der Waals surface area contributed by atoms with Gasteiger partial charge < -0.3 is 9.30 Å². The summed E-state index contributed by atoms with van der Waals surface area (Å²) >= 11 is 0. The molecule has 146 valence electrons. The lowest BCUT2D eigenvalue weighted by molar-refractivity contribution is 0.203. The van der Waals surface area contributed by atoms with Crippen LogP contribution in [-0.4, -0.2) is 26.6 Å². The van der Waals surface area contributed by atoms with Crippen LogP contribution in [0.2, 0.25) is 0 Å². The Morgan fingerprint density at radius 3 is 2.57 bits per heavy atom. The van der Waals surface area contributed by atoms with Crippen LogP contribution >= 0.6 is 0 Å². The van der Waals surface area contributed by atoms with E-state index in [0.717, 1.165) is 34.4 Å². The lowest BCUT2D eigenvalue weighted by Gasteiger charge is -2.35. The molecule has 0 aromatic carbocycles. The summed E-state index contributed by atoms with van der Waals surface area (Å²) in [6.07, 6.45) is 6.33. The molecule has 1 unspecified atom stereocenters. The topological polar surface area (TPSA) is 69.9 Å². The van der Waals surface area contributed by atoms with Gasteiger partial charge in [0.2, 0.25) is 5.88 Å². The van der Waals surface area contributed by atoms with Gasteiger partial charge in [-0.15, -0.1) is 0 Å². The molecule has 3 heterocycles. The Balaban J connectivity index is 1.97. The summed E-state index contributed by atoms with van der Waals surface area (Å²) in [7, 11) is 1.60. The number of hydrogen-bond acceptors (Lipinski definition) is 5. The first-order valence-electron chi connectivity index (χ1n) is 9.95. The van der Waals surface area contributed by atoms with Gasteiger partial charge in [-0.25, -0.2) is 9.97 Å². The Kier molecular flexibility index (Phi) is 4.87. The zero-order chi connectivity index (χ0) is 19.8. The molecular formula is C22H26N4O2. The molecule has 0 amide bonds. The number of fused-ring (bicyclic) bond motifs is 1. The van der Waals surface area contributed by atoms with Gasteiger partial charge in [0, 0.05) is 23.9 Å². The summed E-state index contributed by atoms with van der Waals surface area (Å²) in [5.41, 5.74) is 4.61. The van der Waals surface area contributed by atoms with Gasteiger partial charge in [0.05, 0.1) is 24.0 Å². The standard InChI is InChI=1S/C22H26N4O2/c1-5-17(15-7-6-8-15)26-18-11-12-23-20(21(18)25-14(3)22(26)27)16-9-10-19(28-4)24-13(16)2/h9-12,15,17H,5-8H2,1-4H3. The summed E-state index contributed by atoms with van der Waals surface area (Å²) in [5.74, 6) is 1.13. The third-order valence-corrected chi connectivity index (χ3v) is 5.94. The smallest absolute Gasteiger partial charge is 0.272 e. The number of nitrogens with zero attached hydrogens (tertiary/aromatic N) is 4. The molecule has 6 heteroatoms. The molecule has 1 aliphatic carbocycles. The Labute approximate surface area is 164 Å². The maximum absolute atomic E-state index is 13.1. The summed E-state index contributed by atoms with van der Waals surface area (Å²) < 4.78 is 7.20. The number of methoxy groups -OCH3 is 1. The first-order valence-corrected chi connectivity index (χ1v) is 9.95. The second-order valence-electron chi connectivity index (χ2n) is 7.55. The Morgan fingerprint density at radius 1 is 1.18 bits per heavy atom. The Morgan fingerprint density at radius 2 is 1.96 bits per heavy atom. The molecule has 1 saturated carbocycles. The number of rotatable bonds is 5. The minimum absolute atomic E-state index is 0.00739. The second kappa shape index (κ2) is 7.34. The fourth-order valence-electron chi connectivity index (χ4n) is 4.23. The Bertz CT molecular complexity index is 1090. The number of aromatic nitrogens is 4. The van der Waals surface area contributed by atoms with Gasteiger partial charge >= 0.3 is 0 Å². The van der Waals surface area contributed by atoms with E-state index in [2.05, 4.69) is 21.9 Å². The minimum atomic E-state index is 0.00739. The highest BCUT2D eigenvalue weighted by Gasteiger charge is 2.30. The quantitative estimate of drug-likeness (QED) is 0.664. The van der Waals surface area contributed by atoms with Crippen LogP contribution in [0.15, 0.2) is 29.2 Å². The lowest BCUT2D eigenvalue weighted by Crippen LogP contribution is -2.34. The van der Waals surface area contributed by atoms with Crippen LogP contribution < -0.4 is 10.3 Å². The number of aryl methyl sites for hydroxylation is 2. The van der Waals surface area contributed by atoms with Crippen molar-refractivity contribution in [2.24, 2.45) is 5.92 Å². The highest BCUT2D eigenvalue weighted by Crippen LogP contribution is 2.39. The molecule has 3 aromatic heterocycles. The monoisotopic (exact) mass is 378 g/mol. The molecule has 0 radical (unpaired) electrons. The SMILES string of the molecule is CCC(C1CCC1)n1c(=O)c(C)nc2c(-c3ccc(OC)nc3C)nccc21. The molecule has 6 nitrogen and oxygen atoms in total. The van der Waals surface area contributed by atoms with Crippen LogP contribution in [0.4, 0.5) is 0 Å². The second-order valence-corrected chi connectivity index (χ2v) is 7.55. The predicted molar refractivity (Wildman–Crippen MR) is 110 cm³/mol. The van der Waals surface area contributed by atoms with Crippen molar-refractivity contribution < 1.29 is 4.74 Å². The van der Waals surface area contributed by atoms with Crippen LogP contribution in [0.3, 0.4) is 0 Å². The largest absolute Gasteiger partial charge is 0.481 e. The van der Waals surface area contributed by atoms with E-state index in [1.807, 2.05) is 29.7 Å². The maximum atomic E-state index is 13.1. The molecular weight excluding hydrogens is 352 g/mol. The van der Waals surface area contributed by atoms with E-state index in [1.165, 1.54) is 19.3 Å². The molecule has 0 bridgehead atoms. The van der Waals surface area contributed by atoms with Gasteiger partial charge in [0.1, 0.15) is 11.2 Å². The van der Waals surface area contributed by atoms with Gasteiger partial charge in [0.25, 0.3) is 5.56 Å². The van der Waals surface area contributed by atoms with E-state index in [4.69, 9.17) is 4.74 Å². The zero-order valence-electron chi connectivity index (χ0n) is 16.9. The van der Waals surface area contributed by atoms with Crippen molar-refractivity contribution >= 4 is 11.0 Å². The molecule has 1 atom stereocenters. The summed E-state index contributed by atoms with van der Waals surface area (Å²) in [6.45, 7) is 5.89. The summed E-state index contributed by atoms with van der Waals surface area (Å²) in [4.78, 5) is 26.8. The summed E-state index contributed by atoms with van der Waals surface area (Å²) in [5, 5.41) is 0. The van der Waals surface area contributed by atoms with Crippen molar-refractivity contribution in [1.82, 2.24) is 19.5 Å². The van der Waals surface area contributed by atoms with E-state index < -0.39 is 0 Å². The van der Waals surface area contributed by atoms with Crippen LogP contribution in [0.1, 0.15) is 50.0 Å². The van der Waals surface area contributed by atoms with Crippen molar-refractivity contribution in [3.63, 3.8) is 0 Å². The molecule has 1 aliphatic rings. The van der Waals surface area contributed by atoms with Crippen molar-refractivity contribution in [2.75, 3.05) is 7.11 Å². The maximum Gasteiger partial charge on any atom is 0.272 e. The number of hydrogen-bond donors (Lipinski definition) is 0. The van der Waals surface area contributed by atoms with Crippen LogP contribution in [0, 0.1) is 19.8 Å². The third-order valence-electron chi connectivity index (χ3n) is 5.94. The van der Waals surface area contributed by atoms with E-state index in [1.54, 1.807) is 20.2 Å². The van der Waals surface area contributed by atoms with Crippen LogP contribution in [-0.2, 0) is 0 Å². The van der Waals surface area contributed by atoms with E-state index >= 15 is 0 Å².